The van der Waals surface area contributed by atoms with Gasteiger partial charge in [-0.1, -0.05) is 18.2 Å². The van der Waals surface area contributed by atoms with Crippen molar-refractivity contribution in [3.05, 3.63) is 88.7 Å². The molecule has 1 aromatic heterocycles. The number of carbonyl (C=O) groups excluding carboxylic acids is 3. The van der Waals surface area contributed by atoms with Gasteiger partial charge in [0.1, 0.15) is 23.4 Å². The van der Waals surface area contributed by atoms with Gasteiger partial charge in [-0.2, -0.15) is 0 Å². The van der Waals surface area contributed by atoms with Crippen LogP contribution in [0.5, 0.6) is 11.5 Å². The molecule has 3 N–H and O–H groups in total. The van der Waals surface area contributed by atoms with Crippen LogP contribution in [-0.4, -0.2) is 106 Å². The zero-order valence-electron chi connectivity index (χ0n) is 34.6. The van der Waals surface area contributed by atoms with E-state index in [1.165, 1.54) is 23.3 Å². The molecule has 10 rings (SSSR count). The molecule has 3 fully saturated rings. The molecule has 0 radical (unpaired) electrons. The second kappa shape index (κ2) is 15.5. The summed E-state index contributed by atoms with van der Waals surface area (Å²) in [5, 5.41) is 24.1. The molecule has 0 spiro atoms. The van der Waals surface area contributed by atoms with Crippen molar-refractivity contribution in [1.29, 1.82) is 0 Å². The lowest BCUT2D eigenvalue weighted by atomic mass is 9.87. The Morgan fingerprint density at radius 2 is 1.79 bits per heavy atom. The lowest BCUT2D eigenvalue weighted by Gasteiger charge is -2.44. The highest BCUT2D eigenvalue weighted by molar-refractivity contribution is 6.05. The molecule has 3 aromatic carbocycles. The van der Waals surface area contributed by atoms with E-state index in [1.807, 2.05) is 18.2 Å². The maximum absolute atomic E-state index is 15.1. The van der Waals surface area contributed by atoms with Crippen LogP contribution in [0.2, 0.25) is 0 Å². The molecule has 0 saturated carbocycles. The Morgan fingerprint density at radius 1 is 0.968 bits per heavy atom. The first-order valence-electron chi connectivity index (χ1n) is 21.6. The first kappa shape index (κ1) is 40.2. The van der Waals surface area contributed by atoms with E-state index in [0.29, 0.717) is 41.7 Å². The average molecular weight is 851 g/mol. The van der Waals surface area contributed by atoms with Crippen LogP contribution in [-0.2, 0) is 22.6 Å². The minimum atomic E-state index is -2.70. The maximum Gasteiger partial charge on any atom is 0.263 e. The van der Waals surface area contributed by atoms with Crippen molar-refractivity contribution < 1.29 is 37.4 Å². The molecule has 3 saturated heterocycles. The third kappa shape index (κ3) is 6.86. The number of nitrogens with one attached hydrogen (secondary N) is 2. The summed E-state index contributed by atoms with van der Waals surface area (Å²) in [5.41, 5.74) is 4.11. The number of fused-ring (bicyclic) bond motifs is 5. The second-order valence-electron chi connectivity index (χ2n) is 17.9. The van der Waals surface area contributed by atoms with Gasteiger partial charge in [0.25, 0.3) is 12.3 Å². The van der Waals surface area contributed by atoms with E-state index in [4.69, 9.17) is 4.74 Å². The maximum atomic E-state index is 15.1. The van der Waals surface area contributed by atoms with Crippen LogP contribution in [0.3, 0.4) is 0 Å². The number of alkyl halides is 2. The zero-order chi connectivity index (χ0) is 43.0. The van der Waals surface area contributed by atoms with Crippen LogP contribution < -0.4 is 25.2 Å². The van der Waals surface area contributed by atoms with E-state index in [1.54, 1.807) is 15.9 Å². The van der Waals surface area contributed by atoms with Gasteiger partial charge in [-0.25, -0.2) is 13.2 Å². The van der Waals surface area contributed by atoms with E-state index < -0.39 is 41.6 Å². The van der Waals surface area contributed by atoms with Gasteiger partial charge in [0.2, 0.25) is 11.8 Å². The molecule has 324 valence electrons. The van der Waals surface area contributed by atoms with Crippen molar-refractivity contribution in [2.75, 3.05) is 47.8 Å². The van der Waals surface area contributed by atoms with Gasteiger partial charge < -0.3 is 29.9 Å². The number of para-hydroxylation sites is 1. The molecule has 5 atom stereocenters. The summed E-state index contributed by atoms with van der Waals surface area (Å²) < 4.78 is 50.8. The van der Waals surface area contributed by atoms with Crippen LogP contribution in [0, 0.1) is 11.7 Å². The van der Waals surface area contributed by atoms with Crippen LogP contribution in [0.15, 0.2) is 60.7 Å². The fourth-order valence-corrected chi connectivity index (χ4v) is 10.8. The van der Waals surface area contributed by atoms with Gasteiger partial charge in [0, 0.05) is 74.5 Å². The third-order valence-corrected chi connectivity index (χ3v) is 14.2. The van der Waals surface area contributed by atoms with Gasteiger partial charge in [0.15, 0.2) is 17.4 Å². The van der Waals surface area contributed by atoms with E-state index in [9.17, 15) is 23.9 Å². The number of halogens is 3. The molecular formula is C46H49F3N8O5. The average Bonchev–Trinajstić information content (AvgIpc) is 3.81. The zero-order valence-corrected chi connectivity index (χ0v) is 34.6. The summed E-state index contributed by atoms with van der Waals surface area (Å²) in [5.74, 6) is -0.768. The van der Waals surface area contributed by atoms with Crippen molar-refractivity contribution >= 4 is 34.9 Å². The van der Waals surface area contributed by atoms with Gasteiger partial charge in [-0.3, -0.25) is 24.6 Å². The molecule has 6 aliphatic rings. The topological polar surface area (TPSA) is 143 Å². The minimum Gasteiger partial charge on any atom is -0.504 e. The Bertz CT molecular complexity index is 2470. The summed E-state index contributed by atoms with van der Waals surface area (Å²) in [6, 6.07) is 17.6. The number of aromatic nitrogens is 2. The van der Waals surface area contributed by atoms with Gasteiger partial charge in [-0.15, -0.1) is 10.2 Å². The molecule has 0 bridgehead atoms. The Morgan fingerprint density at radius 3 is 2.58 bits per heavy atom. The van der Waals surface area contributed by atoms with Gasteiger partial charge in [-0.05, 0) is 105 Å². The van der Waals surface area contributed by atoms with Crippen molar-refractivity contribution in [2.45, 2.75) is 95.1 Å². The quantitative estimate of drug-likeness (QED) is 0.178. The van der Waals surface area contributed by atoms with E-state index in [0.717, 1.165) is 56.2 Å². The fourth-order valence-electron chi connectivity index (χ4n) is 10.8. The predicted octanol–water partition coefficient (Wildman–Crippen LogP) is 6.06. The van der Waals surface area contributed by atoms with Crippen molar-refractivity contribution in [1.82, 2.24) is 25.3 Å². The smallest absolute Gasteiger partial charge is 0.263 e. The SMILES string of the molecule is CC1Cc2cc(O[C@H]3CN4c5cc(-c6cccc(F)c6O)nnc5NC[C@@]4(C(F)F)C3)ccc2C(C)N1CC1CCN(c2ccc3c(c2)C(=O)N([C@H]2CCC(=O)NC2=O)C3)CC1. The number of imide groups is 1. The molecule has 13 nitrogen and oxygen atoms in total. The van der Waals surface area contributed by atoms with Crippen LogP contribution in [0.1, 0.15) is 79.0 Å². The number of amides is 3. The number of benzene rings is 3. The van der Waals surface area contributed by atoms with E-state index >= 15 is 8.78 Å². The highest BCUT2D eigenvalue weighted by Crippen LogP contribution is 2.47. The monoisotopic (exact) mass is 850 g/mol. The summed E-state index contributed by atoms with van der Waals surface area (Å²) in [7, 11) is 0. The van der Waals surface area contributed by atoms with E-state index in [2.05, 4.69) is 62.7 Å². The normalized spacial score (nSPS) is 26.2. The molecule has 16 heteroatoms. The summed E-state index contributed by atoms with van der Waals surface area (Å²) in [6.07, 6.45) is 0.263. The number of phenolic OH excluding ortho intramolecular Hbond substituents is 1. The molecule has 2 unspecified atom stereocenters. The highest BCUT2D eigenvalue weighted by Gasteiger charge is 2.56. The Hall–Kier alpha value is -5.90. The molecule has 6 aliphatic heterocycles. The van der Waals surface area contributed by atoms with Crippen LogP contribution in [0.25, 0.3) is 11.3 Å². The first-order chi connectivity index (χ1) is 29.9. The molecule has 62 heavy (non-hydrogen) atoms. The number of aromatic hydroxyl groups is 1. The third-order valence-electron chi connectivity index (χ3n) is 14.2. The number of hydrogen-bond donors (Lipinski definition) is 3. The van der Waals surface area contributed by atoms with Crippen molar-refractivity contribution in [3.8, 4) is 22.8 Å². The van der Waals surface area contributed by atoms with Gasteiger partial charge in [0.05, 0.1) is 17.9 Å². The molecule has 3 amide bonds. The Labute approximate surface area is 357 Å². The molecule has 4 aromatic rings. The molecule has 7 heterocycles. The number of carbonyl (C=O) groups is 3. The van der Waals surface area contributed by atoms with Crippen molar-refractivity contribution in [3.63, 3.8) is 0 Å². The number of phenols is 1. The van der Waals surface area contributed by atoms with E-state index in [-0.39, 0.29) is 61.1 Å². The number of hydrogen-bond acceptors (Lipinski definition) is 11. The number of nitrogens with zero attached hydrogens (tertiary/aromatic N) is 6. The minimum absolute atomic E-state index is 0.0487. The summed E-state index contributed by atoms with van der Waals surface area (Å²) in [4.78, 5) is 45.8. The van der Waals surface area contributed by atoms with Crippen molar-refractivity contribution in [2.24, 2.45) is 5.92 Å². The molecule has 0 aliphatic carbocycles. The first-order valence-corrected chi connectivity index (χ1v) is 21.6. The number of ether oxygens (including phenoxy) is 1. The molecular weight excluding hydrogens is 802 g/mol. The lowest BCUT2D eigenvalue weighted by Crippen LogP contribution is -2.57. The number of piperidine rings is 2. The Balaban J connectivity index is 0.775. The standard InChI is InChI=1S/C46H49F3N8O5/c1-25-16-29-17-31(62-32-20-46(45(48)49)24-50-42-39(57(46)23-32)19-37(52-53-42)34-4-3-5-36(47)41(34)59)8-9-33(29)26(2)55(25)21-27-12-14-54(15-13-27)30-7-6-28-22-56(44(61)35(28)18-30)38-10-11-40(58)51-43(38)60/h3-9,17-19,25-27,32,38,45,59H,10-16,20-24H2,1-2H3,(H,50,53)(H,51,58,60)/t25?,26?,32-,38+,46-/m1/s1. The Kier molecular flexibility index (Phi) is 10.0. The van der Waals surface area contributed by atoms with Crippen LogP contribution >= 0.6 is 0 Å². The lowest BCUT2D eigenvalue weighted by molar-refractivity contribution is -0.136. The fraction of sp³-hybridized carbons (Fsp3) is 0.457. The predicted molar refractivity (Wildman–Crippen MR) is 225 cm³/mol. The number of rotatable bonds is 8. The van der Waals surface area contributed by atoms with Crippen LogP contribution in [0.4, 0.5) is 30.4 Å². The summed E-state index contributed by atoms with van der Waals surface area (Å²) in [6.45, 7) is 7.72. The second-order valence-corrected chi connectivity index (χ2v) is 17.9. The highest BCUT2D eigenvalue weighted by atomic mass is 19.3. The number of anilines is 3. The summed E-state index contributed by atoms with van der Waals surface area (Å²) >= 11 is 0. The largest absolute Gasteiger partial charge is 0.504 e. The van der Waals surface area contributed by atoms with Gasteiger partial charge >= 0.3 is 0 Å².